The highest BCUT2D eigenvalue weighted by molar-refractivity contribution is 7.81. The number of benzene rings is 1. The van der Waals surface area contributed by atoms with Crippen molar-refractivity contribution in [1.29, 1.82) is 0 Å². The van der Waals surface area contributed by atoms with Gasteiger partial charge in [0.2, 0.25) is 0 Å². The van der Waals surface area contributed by atoms with Crippen molar-refractivity contribution >= 4 is 22.9 Å². The molecule has 104 valence electrons. The van der Waals surface area contributed by atoms with E-state index < -0.39 is 0 Å². The van der Waals surface area contributed by atoms with Crippen molar-refractivity contribution in [2.24, 2.45) is 0 Å². The Morgan fingerprint density at radius 3 is 2.50 bits per heavy atom. The number of pyridine rings is 1. The van der Waals surface area contributed by atoms with E-state index in [2.05, 4.69) is 10.3 Å². The highest BCUT2D eigenvalue weighted by atomic mass is 32.1. The molecule has 1 aromatic heterocycles. The first-order chi connectivity index (χ1) is 9.54. The first kappa shape index (κ1) is 14.5. The first-order valence-corrected chi connectivity index (χ1v) is 6.96. The summed E-state index contributed by atoms with van der Waals surface area (Å²) in [6.45, 7) is 6.03. The summed E-state index contributed by atoms with van der Waals surface area (Å²) in [4.78, 5) is 4.88. The molecule has 1 N–H and O–H groups in total. The van der Waals surface area contributed by atoms with E-state index in [1.54, 1.807) is 6.20 Å². The van der Waals surface area contributed by atoms with Crippen LogP contribution in [0, 0.1) is 6.92 Å². The molecule has 0 amide bonds. The van der Waals surface area contributed by atoms with E-state index >= 15 is 0 Å². The smallest absolute Gasteiger partial charge is 0.129 e. The van der Waals surface area contributed by atoms with Gasteiger partial charge in [-0.05, 0) is 62.7 Å². The minimum absolute atomic E-state index is 0.173. The van der Waals surface area contributed by atoms with Crippen LogP contribution in [-0.2, 0) is 0 Å². The van der Waals surface area contributed by atoms with E-state index in [4.69, 9.17) is 17.0 Å². The molecule has 2 aromatic rings. The van der Waals surface area contributed by atoms with E-state index in [-0.39, 0.29) is 6.10 Å². The van der Waals surface area contributed by atoms with Crippen molar-refractivity contribution in [3.63, 3.8) is 0 Å². The van der Waals surface area contributed by atoms with Crippen LogP contribution in [0.3, 0.4) is 0 Å². The van der Waals surface area contributed by atoms with Gasteiger partial charge in [0, 0.05) is 11.9 Å². The summed E-state index contributed by atoms with van der Waals surface area (Å²) in [5.41, 5.74) is 2.84. The van der Waals surface area contributed by atoms with Gasteiger partial charge in [-0.25, -0.2) is 0 Å². The molecular formula is C16H18N2OS. The fourth-order valence-electron chi connectivity index (χ4n) is 1.74. The van der Waals surface area contributed by atoms with E-state index in [1.807, 2.05) is 57.2 Å². The molecule has 1 heterocycles. The summed E-state index contributed by atoms with van der Waals surface area (Å²) in [7, 11) is 0. The van der Waals surface area contributed by atoms with Crippen LogP contribution < -0.4 is 10.1 Å². The number of ether oxygens (including phenoxy) is 1. The number of aromatic nitrogens is 1. The molecule has 3 nitrogen and oxygen atoms in total. The lowest BCUT2D eigenvalue weighted by Gasteiger charge is -2.11. The third kappa shape index (κ3) is 4.03. The molecule has 0 aliphatic carbocycles. The Bertz CT molecular complexity index is 594. The third-order valence-electron chi connectivity index (χ3n) is 2.63. The zero-order valence-corrected chi connectivity index (χ0v) is 12.7. The maximum Gasteiger partial charge on any atom is 0.129 e. The maximum absolute atomic E-state index is 5.60. The van der Waals surface area contributed by atoms with Crippen LogP contribution in [0.2, 0.25) is 0 Å². The molecule has 4 heteroatoms. The monoisotopic (exact) mass is 286 g/mol. The normalized spacial score (nSPS) is 10.4. The molecule has 0 radical (unpaired) electrons. The number of nitrogens with zero attached hydrogens (tertiary/aromatic N) is 1. The third-order valence-corrected chi connectivity index (χ3v) is 2.94. The lowest BCUT2D eigenvalue weighted by Crippen LogP contribution is -2.12. The molecule has 1 aromatic carbocycles. The number of hydrogen-bond acceptors (Lipinski definition) is 3. The quantitative estimate of drug-likeness (QED) is 0.863. The Kier molecular flexibility index (Phi) is 4.69. The Hall–Kier alpha value is -1.94. The van der Waals surface area contributed by atoms with Crippen LogP contribution >= 0.6 is 12.2 Å². The highest BCUT2D eigenvalue weighted by Crippen LogP contribution is 2.17. The molecule has 0 unspecified atom stereocenters. The molecule has 20 heavy (non-hydrogen) atoms. The van der Waals surface area contributed by atoms with Gasteiger partial charge < -0.3 is 10.1 Å². The van der Waals surface area contributed by atoms with E-state index in [0.29, 0.717) is 4.99 Å². The van der Waals surface area contributed by atoms with Gasteiger partial charge in [0.05, 0.1) is 11.8 Å². The summed E-state index contributed by atoms with van der Waals surface area (Å²) in [6.07, 6.45) is 1.93. The fourth-order valence-corrected chi connectivity index (χ4v) is 1.97. The molecule has 0 aliphatic heterocycles. The zero-order valence-electron chi connectivity index (χ0n) is 11.9. The van der Waals surface area contributed by atoms with Crippen LogP contribution in [0.25, 0.3) is 0 Å². The highest BCUT2D eigenvalue weighted by Gasteiger charge is 2.04. The molecule has 0 fully saturated rings. The summed E-state index contributed by atoms with van der Waals surface area (Å²) in [5, 5.41) is 3.18. The molecule has 0 spiro atoms. The van der Waals surface area contributed by atoms with Crippen molar-refractivity contribution in [3.8, 4) is 5.75 Å². The Morgan fingerprint density at radius 1 is 1.20 bits per heavy atom. The molecule has 0 saturated heterocycles. The van der Waals surface area contributed by atoms with E-state index in [1.165, 1.54) is 0 Å². The largest absolute Gasteiger partial charge is 0.491 e. The van der Waals surface area contributed by atoms with Gasteiger partial charge in [0.15, 0.2) is 0 Å². The van der Waals surface area contributed by atoms with Crippen molar-refractivity contribution in [3.05, 3.63) is 53.9 Å². The number of rotatable bonds is 4. The van der Waals surface area contributed by atoms with Crippen LogP contribution in [0.4, 0.5) is 5.69 Å². The van der Waals surface area contributed by atoms with Gasteiger partial charge >= 0.3 is 0 Å². The predicted molar refractivity (Wildman–Crippen MR) is 86.5 cm³/mol. The second-order valence-corrected chi connectivity index (χ2v) is 5.27. The maximum atomic E-state index is 5.60. The molecule has 0 atom stereocenters. The molecule has 2 rings (SSSR count). The topological polar surface area (TPSA) is 34.2 Å². The Morgan fingerprint density at radius 2 is 1.90 bits per heavy atom. The number of anilines is 1. The Balaban J connectivity index is 2.04. The molecule has 0 saturated carbocycles. The van der Waals surface area contributed by atoms with Gasteiger partial charge in [-0.1, -0.05) is 12.2 Å². The van der Waals surface area contributed by atoms with Crippen molar-refractivity contribution in [1.82, 2.24) is 4.98 Å². The molecule has 0 bridgehead atoms. The summed E-state index contributed by atoms with van der Waals surface area (Å²) < 4.78 is 5.60. The van der Waals surface area contributed by atoms with Crippen molar-refractivity contribution in [2.75, 3.05) is 5.32 Å². The SMILES string of the molecule is Cc1ccnc(C(=S)Nc2ccc(OC(C)C)cc2)c1. The van der Waals surface area contributed by atoms with Gasteiger partial charge in [0.1, 0.15) is 10.7 Å². The first-order valence-electron chi connectivity index (χ1n) is 6.55. The van der Waals surface area contributed by atoms with Gasteiger partial charge in [0.25, 0.3) is 0 Å². The minimum atomic E-state index is 0.173. The number of nitrogens with one attached hydrogen (secondary N) is 1. The minimum Gasteiger partial charge on any atom is -0.491 e. The van der Waals surface area contributed by atoms with E-state index in [9.17, 15) is 0 Å². The second-order valence-electron chi connectivity index (χ2n) is 4.86. The van der Waals surface area contributed by atoms with Crippen LogP contribution in [0.15, 0.2) is 42.6 Å². The molecular weight excluding hydrogens is 268 g/mol. The van der Waals surface area contributed by atoms with Crippen molar-refractivity contribution < 1.29 is 4.74 Å². The average molecular weight is 286 g/mol. The van der Waals surface area contributed by atoms with E-state index in [0.717, 1.165) is 22.7 Å². The zero-order chi connectivity index (χ0) is 14.5. The lowest BCUT2D eigenvalue weighted by atomic mass is 10.2. The summed E-state index contributed by atoms with van der Waals surface area (Å²) in [5.74, 6) is 0.852. The molecule has 0 aliphatic rings. The van der Waals surface area contributed by atoms with Crippen LogP contribution in [0.1, 0.15) is 25.1 Å². The Labute approximate surface area is 125 Å². The van der Waals surface area contributed by atoms with Gasteiger partial charge in [-0.2, -0.15) is 0 Å². The summed E-state index contributed by atoms with van der Waals surface area (Å²) in [6, 6.07) is 11.7. The fraction of sp³-hybridized carbons (Fsp3) is 0.250. The second kappa shape index (κ2) is 6.48. The van der Waals surface area contributed by atoms with Crippen LogP contribution in [-0.4, -0.2) is 16.1 Å². The van der Waals surface area contributed by atoms with Gasteiger partial charge in [-0.15, -0.1) is 0 Å². The summed E-state index contributed by atoms with van der Waals surface area (Å²) >= 11 is 5.36. The number of thiocarbonyl (C=S) groups is 1. The van der Waals surface area contributed by atoms with Crippen LogP contribution in [0.5, 0.6) is 5.75 Å². The van der Waals surface area contributed by atoms with Gasteiger partial charge in [-0.3, -0.25) is 4.98 Å². The predicted octanol–water partition coefficient (Wildman–Crippen LogP) is 3.96. The van der Waals surface area contributed by atoms with Crippen molar-refractivity contribution in [2.45, 2.75) is 26.9 Å². The lowest BCUT2D eigenvalue weighted by molar-refractivity contribution is 0.242. The standard InChI is InChI=1S/C16H18N2OS/c1-11(2)19-14-6-4-13(5-7-14)18-16(20)15-10-12(3)8-9-17-15/h4-11H,1-3H3,(H,18,20). The number of hydrogen-bond donors (Lipinski definition) is 1. The average Bonchev–Trinajstić information content (AvgIpc) is 2.40. The number of aryl methyl sites for hydroxylation is 1.